The highest BCUT2D eigenvalue weighted by molar-refractivity contribution is 5.97. The van der Waals surface area contributed by atoms with Crippen LogP contribution in [-0.2, 0) is 4.79 Å². The van der Waals surface area contributed by atoms with E-state index in [1.165, 1.54) is 6.92 Å². The maximum Gasteiger partial charge on any atom is 0.326 e. The molecule has 0 aromatic heterocycles. The average molecular weight is 302 g/mol. The number of nitrogens with zero attached hydrogens (tertiary/aromatic N) is 2. The number of carbonyl (C=O) groups is 2. The molecule has 0 spiro atoms. The van der Waals surface area contributed by atoms with E-state index in [0.29, 0.717) is 17.0 Å². The highest BCUT2D eigenvalue weighted by Gasteiger charge is 2.30. The Morgan fingerprint density at radius 3 is 2.43 bits per heavy atom. The van der Waals surface area contributed by atoms with Gasteiger partial charge in [-0.15, -0.1) is 0 Å². The summed E-state index contributed by atoms with van der Waals surface area (Å²) in [4.78, 5) is 33.1. The lowest BCUT2D eigenvalue weighted by atomic mass is 10.1. The minimum absolute atomic E-state index is 0.0383. The Morgan fingerprint density at radius 2 is 2.00 bits per heavy atom. The van der Waals surface area contributed by atoms with E-state index < -0.39 is 45.7 Å². The molecule has 0 saturated heterocycles. The molecule has 114 valence electrons. The lowest BCUT2D eigenvalue weighted by molar-refractivity contribution is -0.387. The van der Waals surface area contributed by atoms with Crippen molar-refractivity contribution in [2.75, 3.05) is 7.05 Å². The van der Waals surface area contributed by atoms with Crippen molar-refractivity contribution in [2.24, 2.45) is 0 Å². The van der Waals surface area contributed by atoms with Crippen LogP contribution >= 0.6 is 0 Å². The van der Waals surface area contributed by atoms with Crippen LogP contribution in [0.1, 0.15) is 23.7 Å². The van der Waals surface area contributed by atoms with Crippen LogP contribution < -0.4 is 0 Å². The Balaban J connectivity index is 3.30. The van der Waals surface area contributed by atoms with Gasteiger partial charge in [-0.05, 0) is 12.5 Å². The fourth-order valence-electron chi connectivity index (χ4n) is 1.81. The third-order valence-electron chi connectivity index (χ3n) is 2.90. The number of hydrogen-bond acceptors (Lipinski definition) is 4. The number of carboxylic acid groups (broad SMARTS) is 1. The molecule has 0 aliphatic rings. The number of likely N-dealkylation sites (N-methyl/N-ethyl adjacent to an activating group) is 1. The number of halogens is 2. The number of hydrogen-bond donors (Lipinski definition) is 1. The maximum absolute atomic E-state index is 13.9. The third kappa shape index (κ3) is 3.30. The summed E-state index contributed by atoms with van der Waals surface area (Å²) in [6.45, 7) is 1.49. The third-order valence-corrected chi connectivity index (χ3v) is 2.90. The van der Waals surface area contributed by atoms with Crippen molar-refractivity contribution in [3.05, 3.63) is 39.4 Å². The van der Waals surface area contributed by atoms with Crippen molar-refractivity contribution in [3.8, 4) is 0 Å². The molecule has 1 N–H and O–H groups in total. The minimum Gasteiger partial charge on any atom is -0.480 e. The van der Waals surface area contributed by atoms with Crippen LogP contribution in [0.25, 0.3) is 0 Å². The van der Waals surface area contributed by atoms with Gasteiger partial charge in [-0.3, -0.25) is 14.9 Å². The van der Waals surface area contributed by atoms with Crippen molar-refractivity contribution in [2.45, 2.75) is 19.4 Å². The van der Waals surface area contributed by atoms with Crippen LogP contribution in [0, 0.1) is 21.7 Å². The van der Waals surface area contributed by atoms with Crippen molar-refractivity contribution in [1.29, 1.82) is 0 Å². The van der Waals surface area contributed by atoms with Gasteiger partial charge in [-0.1, -0.05) is 6.92 Å². The van der Waals surface area contributed by atoms with Gasteiger partial charge in [0.2, 0.25) is 5.82 Å². The molecule has 0 radical (unpaired) electrons. The minimum atomic E-state index is -1.50. The molecule has 0 fully saturated rings. The molecular weight excluding hydrogens is 290 g/mol. The molecule has 0 bridgehead atoms. The monoisotopic (exact) mass is 302 g/mol. The van der Waals surface area contributed by atoms with Gasteiger partial charge in [-0.25, -0.2) is 9.18 Å². The first-order valence-electron chi connectivity index (χ1n) is 5.84. The largest absolute Gasteiger partial charge is 0.480 e. The summed E-state index contributed by atoms with van der Waals surface area (Å²) in [6.07, 6.45) is 0.0383. The van der Waals surface area contributed by atoms with Crippen molar-refractivity contribution in [3.63, 3.8) is 0 Å². The molecule has 0 aliphatic heterocycles. The molecule has 1 rings (SSSR count). The van der Waals surface area contributed by atoms with E-state index in [1.807, 2.05) is 0 Å². The number of nitro groups is 1. The van der Waals surface area contributed by atoms with Gasteiger partial charge >= 0.3 is 11.7 Å². The first kappa shape index (κ1) is 16.5. The molecule has 1 unspecified atom stereocenters. The number of benzene rings is 1. The molecule has 0 aliphatic carbocycles. The summed E-state index contributed by atoms with van der Waals surface area (Å²) >= 11 is 0. The second-order valence-corrected chi connectivity index (χ2v) is 4.22. The maximum atomic E-state index is 13.9. The Bertz CT molecular complexity index is 606. The summed E-state index contributed by atoms with van der Waals surface area (Å²) in [6, 6.07) is -0.407. The zero-order valence-corrected chi connectivity index (χ0v) is 11.2. The standard InChI is InChI=1S/C12H12F2N2O5/c1-3-8(12(18)19)15(2)11(17)7-4-6(13)5-9(10(7)14)16(20)21/h4-5,8H,3H2,1-2H3,(H,18,19). The molecule has 1 aromatic rings. The Kier molecular flexibility index (Phi) is 4.90. The van der Waals surface area contributed by atoms with Gasteiger partial charge in [0.05, 0.1) is 16.6 Å². The molecule has 1 atom stereocenters. The number of carbonyl (C=O) groups excluding carboxylic acids is 1. The molecule has 9 heteroatoms. The summed E-state index contributed by atoms with van der Waals surface area (Å²) in [7, 11) is 1.10. The fraction of sp³-hybridized carbons (Fsp3) is 0.333. The SMILES string of the molecule is CCC(C(=O)O)N(C)C(=O)c1cc(F)cc([N+](=O)[O-])c1F. The smallest absolute Gasteiger partial charge is 0.326 e. The van der Waals surface area contributed by atoms with E-state index in [9.17, 15) is 28.5 Å². The molecule has 1 amide bonds. The van der Waals surface area contributed by atoms with Gasteiger partial charge in [0.1, 0.15) is 11.9 Å². The van der Waals surface area contributed by atoms with E-state index in [2.05, 4.69) is 0 Å². The van der Waals surface area contributed by atoms with Crippen molar-refractivity contribution >= 4 is 17.6 Å². The van der Waals surface area contributed by atoms with E-state index in [1.54, 1.807) is 0 Å². The summed E-state index contributed by atoms with van der Waals surface area (Å²) in [5.74, 6) is -5.13. The molecule has 0 saturated carbocycles. The Labute approximate surface area is 117 Å². The lowest BCUT2D eigenvalue weighted by Crippen LogP contribution is -2.42. The molecule has 1 aromatic carbocycles. The zero-order chi connectivity index (χ0) is 16.3. The molecular formula is C12H12F2N2O5. The molecule has 21 heavy (non-hydrogen) atoms. The number of rotatable bonds is 5. The summed E-state index contributed by atoms with van der Waals surface area (Å²) in [5.41, 5.74) is -2.07. The second kappa shape index (κ2) is 6.25. The van der Waals surface area contributed by atoms with E-state index in [0.717, 1.165) is 7.05 Å². The van der Waals surface area contributed by atoms with Crippen LogP contribution in [0.5, 0.6) is 0 Å². The molecule has 0 heterocycles. The highest BCUT2D eigenvalue weighted by Crippen LogP contribution is 2.24. The van der Waals surface area contributed by atoms with Crippen LogP contribution in [-0.4, -0.2) is 39.9 Å². The van der Waals surface area contributed by atoms with E-state index in [4.69, 9.17) is 5.11 Å². The van der Waals surface area contributed by atoms with Crippen LogP contribution in [0.15, 0.2) is 12.1 Å². The van der Waals surface area contributed by atoms with Gasteiger partial charge < -0.3 is 10.0 Å². The lowest BCUT2D eigenvalue weighted by Gasteiger charge is -2.23. The highest BCUT2D eigenvalue weighted by atomic mass is 19.1. The number of amides is 1. The van der Waals surface area contributed by atoms with Crippen molar-refractivity contribution < 1.29 is 28.4 Å². The van der Waals surface area contributed by atoms with E-state index in [-0.39, 0.29) is 6.42 Å². The summed E-state index contributed by atoms with van der Waals surface area (Å²) in [5, 5.41) is 19.5. The van der Waals surface area contributed by atoms with Crippen LogP contribution in [0.4, 0.5) is 14.5 Å². The summed E-state index contributed by atoms with van der Waals surface area (Å²) < 4.78 is 27.2. The number of nitro benzene ring substituents is 1. The Morgan fingerprint density at radius 1 is 1.43 bits per heavy atom. The molecule has 7 nitrogen and oxygen atoms in total. The zero-order valence-electron chi connectivity index (χ0n) is 11.2. The van der Waals surface area contributed by atoms with Gasteiger partial charge in [0, 0.05) is 7.05 Å². The van der Waals surface area contributed by atoms with Gasteiger partial charge in [0.25, 0.3) is 5.91 Å². The van der Waals surface area contributed by atoms with Gasteiger partial charge in [-0.2, -0.15) is 4.39 Å². The predicted molar refractivity (Wildman–Crippen MR) is 66.8 cm³/mol. The Hall–Kier alpha value is -2.58. The first-order chi connectivity index (χ1) is 9.70. The van der Waals surface area contributed by atoms with Crippen LogP contribution in [0.3, 0.4) is 0 Å². The predicted octanol–water partition coefficient (Wildman–Crippen LogP) is 1.81. The van der Waals surface area contributed by atoms with E-state index >= 15 is 0 Å². The fourth-order valence-corrected chi connectivity index (χ4v) is 1.81. The number of carboxylic acids is 1. The quantitative estimate of drug-likeness (QED) is 0.660. The number of aliphatic carboxylic acids is 1. The normalized spacial score (nSPS) is 11.8. The topological polar surface area (TPSA) is 101 Å². The van der Waals surface area contributed by atoms with Gasteiger partial charge in [0.15, 0.2) is 0 Å². The average Bonchev–Trinajstić information content (AvgIpc) is 2.40. The van der Waals surface area contributed by atoms with Crippen molar-refractivity contribution in [1.82, 2.24) is 4.90 Å². The first-order valence-corrected chi connectivity index (χ1v) is 5.84. The van der Waals surface area contributed by atoms with Crippen LogP contribution in [0.2, 0.25) is 0 Å². The second-order valence-electron chi connectivity index (χ2n) is 4.22.